The summed E-state index contributed by atoms with van der Waals surface area (Å²) in [5.74, 6) is -0.0457. The van der Waals surface area contributed by atoms with E-state index in [1.807, 2.05) is 0 Å². The van der Waals surface area contributed by atoms with Crippen molar-refractivity contribution < 1.29 is 19.1 Å². The number of carbonyl (C=O) groups excluding carboxylic acids is 2. The Hall–Kier alpha value is -1.24. The predicted molar refractivity (Wildman–Crippen MR) is 81.3 cm³/mol. The van der Waals surface area contributed by atoms with Crippen LogP contribution in [0.15, 0.2) is 4.90 Å². The quantitative estimate of drug-likeness (QED) is 0.613. The SMILES string of the molecule is [B]=NC1COC(=O)N1C(=O)[C@H](CC1CC1)C(CCCC)OC. The molecule has 0 aromatic heterocycles. The molecule has 0 aromatic rings. The Labute approximate surface area is 132 Å². The molecule has 121 valence electrons. The van der Waals surface area contributed by atoms with Crippen molar-refractivity contribution in [1.29, 1.82) is 0 Å². The Morgan fingerprint density at radius 2 is 2.27 bits per heavy atom. The van der Waals surface area contributed by atoms with Crippen molar-refractivity contribution in [1.82, 2.24) is 4.90 Å². The molecule has 0 spiro atoms. The first-order chi connectivity index (χ1) is 10.6. The summed E-state index contributed by atoms with van der Waals surface area (Å²) >= 11 is 0. The van der Waals surface area contributed by atoms with Gasteiger partial charge in [0, 0.05) is 0 Å². The zero-order valence-corrected chi connectivity index (χ0v) is 13.4. The van der Waals surface area contributed by atoms with E-state index < -0.39 is 12.3 Å². The molecule has 2 unspecified atom stereocenters. The molecule has 6 nitrogen and oxygen atoms in total. The maximum absolute atomic E-state index is 12.9. The topological polar surface area (TPSA) is 68.2 Å². The number of imide groups is 1. The average Bonchev–Trinajstić information content (AvgIpc) is 3.26. The van der Waals surface area contributed by atoms with Gasteiger partial charge >= 0.3 is 132 Å². The third kappa shape index (κ3) is 3.94. The van der Waals surface area contributed by atoms with Crippen LogP contribution in [0.2, 0.25) is 0 Å². The summed E-state index contributed by atoms with van der Waals surface area (Å²) in [4.78, 5) is 29.4. The molecule has 0 N–H and O–H groups in total. The van der Waals surface area contributed by atoms with Crippen molar-refractivity contribution in [3.63, 3.8) is 0 Å². The summed E-state index contributed by atoms with van der Waals surface area (Å²) in [5.41, 5.74) is 0. The standard InChI is InChI=1S/C15H24BN2O4/c1-3-4-5-12(21-2)11(8-10-6-7-10)14(19)18-13(17-16)9-22-15(18)20/h10-13H,3-9H2,1-2H3/t11-,12?,13?/m1/s1. The van der Waals surface area contributed by atoms with Gasteiger partial charge in [-0.3, -0.25) is 0 Å². The van der Waals surface area contributed by atoms with Crippen LogP contribution in [0.5, 0.6) is 0 Å². The van der Waals surface area contributed by atoms with Crippen LogP contribution < -0.4 is 0 Å². The molecule has 1 heterocycles. The van der Waals surface area contributed by atoms with E-state index in [0.717, 1.165) is 43.4 Å². The van der Waals surface area contributed by atoms with Gasteiger partial charge < -0.3 is 0 Å². The van der Waals surface area contributed by atoms with E-state index in [4.69, 9.17) is 17.1 Å². The number of rotatable bonds is 9. The first kappa shape index (κ1) is 17.1. The third-order valence-corrected chi connectivity index (χ3v) is 4.46. The minimum atomic E-state index is -0.717. The van der Waals surface area contributed by atoms with Gasteiger partial charge in [0.2, 0.25) is 0 Å². The molecular weight excluding hydrogens is 283 g/mol. The summed E-state index contributed by atoms with van der Waals surface area (Å²) in [6.07, 6.45) is 4.32. The van der Waals surface area contributed by atoms with Gasteiger partial charge in [-0.05, 0) is 0 Å². The number of cyclic esters (lactones) is 1. The van der Waals surface area contributed by atoms with Crippen LogP contribution in [0.1, 0.15) is 45.4 Å². The van der Waals surface area contributed by atoms with Gasteiger partial charge in [0.25, 0.3) is 0 Å². The van der Waals surface area contributed by atoms with E-state index in [9.17, 15) is 9.59 Å². The number of ether oxygens (including phenoxy) is 2. The molecular formula is C15H24BN2O4. The van der Waals surface area contributed by atoms with Crippen LogP contribution in [0.4, 0.5) is 4.79 Å². The molecule has 7 heteroatoms. The van der Waals surface area contributed by atoms with E-state index >= 15 is 0 Å². The van der Waals surface area contributed by atoms with Crippen molar-refractivity contribution in [2.24, 2.45) is 16.7 Å². The average molecular weight is 307 g/mol. The molecule has 0 bridgehead atoms. The van der Waals surface area contributed by atoms with Gasteiger partial charge in [0.1, 0.15) is 0 Å². The van der Waals surface area contributed by atoms with E-state index in [-0.39, 0.29) is 24.5 Å². The van der Waals surface area contributed by atoms with Crippen LogP contribution >= 0.6 is 0 Å². The van der Waals surface area contributed by atoms with Crippen molar-refractivity contribution >= 4 is 19.6 Å². The van der Waals surface area contributed by atoms with E-state index in [1.165, 1.54) is 0 Å². The molecule has 0 aromatic carbocycles. The van der Waals surface area contributed by atoms with Gasteiger partial charge in [-0.15, -0.1) is 0 Å². The Bertz CT molecular complexity index is 428. The fraction of sp³-hybridized carbons (Fsp3) is 0.867. The van der Waals surface area contributed by atoms with Crippen LogP contribution in [0.3, 0.4) is 0 Å². The van der Waals surface area contributed by atoms with Gasteiger partial charge in [0.15, 0.2) is 0 Å². The fourth-order valence-corrected chi connectivity index (χ4v) is 2.95. The zero-order valence-electron chi connectivity index (χ0n) is 13.4. The summed E-state index contributed by atoms with van der Waals surface area (Å²) in [7, 11) is 6.92. The van der Waals surface area contributed by atoms with Crippen LogP contribution in [-0.2, 0) is 14.3 Å². The van der Waals surface area contributed by atoms with Crippen LogP contribution in [0.25, 0.3) is 0 Å². The molecule has 3 atom stereocenters. The van der Waals surface area contributed by atoms with E-state index in [1.54, 1.807) is 7.11 Å². The molecule has 1 aliphatic heterocycles. The zero-order chi connectivity index (χ0) is 16.1. The van der Waals surface area contributed by atoms with Crippen molar-refractivity contribution in [2.75, 3.05) is 13.7 Å². The van der Waals surface area contributed by atoms with Crippen molar-refractivity contribution in [3.05, 3.63) is 0 Å². The third-order valence-electron chi connectivity index (χ3n) is 4.46. The number of hydrogen-bond acceptors (Lipinski definition) is 5. The first-order valence-corrected chi connectivity index (χ1v) is 8.05. The van der Waals surface area contributed by atoms with Crippen LogP contribution in [-0.4, -0.2) is 50.5 Å². The monoisotopic (exact) mass is 307 g/mol. The molecule has 2 amide bonds. The number of methoxy groups -OCH3 is 1. The molecule has 22 heavy (non-hydrogen) atoms. The van der Waals surface area contributed by atoms with Crippen molar-refractivity contribution in [3.8, 4) is 0 Å². The Balaban J connectivity index is 2.13. The first-order valence-electron chi connectivity index (χ1n) is 8.05. The number of carbonyl (C=O) groups is 2. The normalized spacial score (nSPS) is 24.0. The Kier molecular flexibility index (Phi) is 6.11. The number of nitrogens with zero attached hydrogens (tertiary/aromatic N) is 2. The molecule has 2 rings (SSSR count). The number of amides is 2. The van der Waals surface area contributed by atoms with Crippen LogP contribution in [0, 0.1) is 11.8 Å². The summed E-state index contributed by atoms with van der Waals surface area (Å²) in [5, 5.41) is 0. The molecule has 1 saturated heterocycles. The predicted octanol–water partition coefficient (Wildman–Crippen LogP) is 2.26. The van der Waals surface area contributed by atoms with Gasteiger partial charge in [-0.25, -0.2) is 0 Å². The van der Waals surface area contributed by atoms with E-state index in [2.05, 4.69) is 11.8 Å². The van der Waals surface area contributed by atoms with Crippen molar-refractivity contribution in [2.45, 2.75) is 57.7 Å². The second-order valence-corrected chi connectivity index (χ2v) is 6.12. The summed E-state index contributed by atoms with van der Waals surface area (Å²) in [6.45, 7) is 2.13. The molecule has 2 fully saturated rings. The molecule has 1 radical (unpaired) electrons. The molecule has 1 aliphatic carbocycles. The fourth-order valence-electron chi connectivity index (χ4n) is 2.95. The number of unbranched alkanes of at least 4 members (excludes halogenated alkanes) is 1. The summed E-state index contributed by atoms with van der Waals surface area (Å²) < 4.78 is 10.5. The maximum atomic E-state index is 12.9. The van der Waals surface area contributed by atoms with Gasteiger partial charge in [-0.2, -0.15) is 0 Å². The molecule has 2 aliphatic rings. The summed E-state index contributed by atoms with van der Waals surface area (Å²) in [6, 6.07) is 0. The molecule has 1 saturated carbocycles. The second kappa shape index (κ2) is 7.86. The second-order valence-electron chi connectivity index (χ2n) is 6.12. The Morgan fingerprint density at radius 1 is 1.55 bits per heavy atom. The Morgan fingerprint density at radius 3 is 2.82 bits per heavy atom. The minimum absolute atomic E-state index is 0.0316. The van der Waals surface area contributed by atoms with E-state index in [0.29, 0.717) is 5.92 Å². The van der Waals surface area contributed by atoms with Gasteiger partial charge in [0.05, 0.1) is 0 Å². The van der Waals surface area contributed by atoms with Gasteiger partial charge in [-0.1, -0.05) is 0 Å². The number of hydrogen-bond donors (Lipinski definition) is 0.